The number of nitrogens with zero attached hydrogens (tertiary/aromatic N) is 2. The third kappa shape index (κ3) is 5.85. The molecule has 2 amide bonds. The molecule has 1 fully saturated rings. The molecule has 1 N–H and O–H groups in total. The van der Waals surface area contributed by atoms with Crippen molar-refractivity contribution < 1.29 is 23.6 Å². The Balaban J connectivity index is 1.26. The van der Waals surface area contributed by atoms with E-state index in [4.69, 9.17) is 14.0 Å². The van der Waals surface area contributed by atoms with Gasteiger partial charge in [0.15, 0.2) is 23.0 Å². The van der Waals surface area contributed by atoms with Gasteiger partial charge in [0, 0.05) is 24.2 Å². The van der Waals surface area contributed by atoms with Crippen LogP contribution in [0.1, 0.15) is 90.6 Å². The molecule has 200 valence electrons. The lowest BCUT2D eigenvalue weighted by Crippen LogP contribution is -2.41. The Bertz CT molecular complexity index is 1290. The number of rotatable bonds is 7. The monoisotopic (exact) mass is 517 g/mol. The first-order valence-electron chi connectivity index (χ1n) is 13.3. The van der Waals surface area contributed by atoms with Crippen LogP contribution in [0.2, 0.25) is 0 Å². The molecule has 8 heteroatoms. The molecule has 0 unspecified atom stereocenters. The van der Waals surface area contributed by atoms with E-state index in [9.17, 15) is 9.59 Å². The molecule has 1 aliphatic heterocycles. The molecular formula is C30H35N3O5. The summed E-state index contributed by atoms with van der Waals surface area (Å²) in [4.78, 5) is 28.3. The first-order chi connectivity index (χ1) is 18.3. The van der Waals surface area contributed by atoms with Gasteiger partial charge in [0.2, 0.25) is 6.79 Å². The Kier molecular flexibility index (Phi) is 7.40. The van der Waals surface area contributed by atoms with Gasteiger partial charge in [-0.3, -0.25) is 9.59 Å². The van der Waals surface area contributed by atoms with Crippen molar-refractivity contribution in [2.45, 2.75) is 77.4 Å². The lowest BCUT2D eigenvalue weighted by Gasteiger charge is -2.34. The molecule has 1 aliphatic carbocycles. The van der Waals surface area contributed by atoms with Gasteiger partial charge in [-0.1, -0.05) is 63.4 Å². The van der Waals surface area contributed by atoms with Crippen LogP contribution in [0.15, 0.2) is 53.1 Å². The number of carbonyl (C=O) groups is 2. The summed E-state index contributed by atoms with van der Waals surface area (Å²) in [6, 6.07) is 15.2. The highest BCUT2D eigenvalue weighted by Gasteiger charge is 2.28. The van der Waals surface area contributed by atoms with Gasteiger partial charge in [0.05, 0.1) is 6.54 Å². The van der Waals surface area contributed by atoms with Crippen molar-refractivity contribution in [1.29, 1.82) is 0 Å². The summed E-state index contributed by atoms with van der Waals surface area (Å²) >= 11 is 0. The lowest BCUT2D eigenvalue weighted by molar-refractivity contribution is 0.0590. The molecule has 1 saturated carbocycles. The van der Waals surface area contributed by atoms with E-state index in [1.165, 1.54) is 12.0 Å². The Hall–Kier alpha value is -3.81. The van der Waals surface area contributed by atoms with E-state index < -0.39 is 0 Å². The summed E-state index contributed by atoms with van der Waals surface area (Å²) in [7, 11) is 0. The molecular weight excluding hydrogens is 482 g/mol. The first kappa shape index (κ1) is 25.8. The Morgan fingerprint density at radius 2 is 1.71 bits per heavy atom. The number of amides is 2. The van der Waals surface area contributed by atoms with E-state index in [-0.39, 0.29) is 42.3 Å². The fraction of sp³-hybridized carbons (Fsp3) is 0.433. The first-order valence-corrected chi connectivity index (χ1v) is 13.3. The molecule has 1 aromatic heterocycles. The maximum Gasteiger partial charge on any atom is 0.273 e. The van der Waals surface area contributed by atoms with Gasteiger partial charge >= 0.3 is 0 Å². The van der Waals surface area contributed by atoms with Crippen LogP contribution in [0.25, 0.3) is 0 Å². The second kappa shape index (κ2) is 10.9. The van der Waals surface area contributed by atoms with Gasteiger partial charge < -0.3 is 24.2 Å². The van der Waals surface area contributed by atoms with Gasteiger partial charge in [0.1, 0.15) is 0 Å². The van der Waals surface area contributed by atoms with Crippen LogP contribution in [0.3, 0.4) is 0 Å². The maximum atomic E-state index is 13.7. The van der Waals surface area contributed by atoms with E-state index in [1.54, 1.807) is 6.07 Å². The number of carbonyl (C=O) groups excluding carboxylic acids is 2. The minimum atomic E-state index is -0.342. The smallest absolute Gasteiger partial charge is 0.273 e. The summed E-state index contributed by atoms with van der Waals surface area (Å²) in [5.74, 6) is 1.49. The SMILES string of the molecule is CC(C)(C)c1ccc(C(=O)N(Cc2cc(C(=O)NCc3ccc4c(c3)OCO4)no2)C2CCCCC2)cc1. The number of aromatic nitrogens is 1. The Morgan fingerprint density at radius 3 is 2.45 bits per heavy atom. The van der Waals surface area contributed by atoms with Crippen molar-refractivity contribution in [3.05, 3.63) is 76.7 Å². The molecule has 3 aromatic rings. The highest BCUT2D eigenvalue weighted by molar-refractivity contribution is 5.94. The van der Waals surface area contributed by atoms with Gasteiger partial charge in [0.25, 0.3) is 11.8 Å². The zero-order chi connectivity index (χ0) is 26.7. The van der Waals surface area contributed by atoms with Gasteiger partial charge in [-0.2, -0.15) is 0 Å². The van der Waals surface area contributed by atoms with Crippen molar-refractivity contribution in [2.24, 2.45) is 0 Å². The molecule has 0 radical (unpaired) electrons. The molecule has 2 heterocycles. The number of hydrogen-bond donors (Lipinski definition) is 1. The fourth-order valence-corrected chi connectivity index (χ4v) is 5.02. The van der Waals surface area contributed by atoms with Gasteiger partial charge in [-0.25, -0.2) is 0 Å². The lowest BCUT2D eigenvalue weighted by atomic mass is 9.86. The van der Waals surface area contributed by atoms with E-state index >= 15 is 0 Å². The second-order valence-electron chi connectivity index (χ2n) is 11.1. The number of hydrogen-bond acceptors (Lipinski definition) is 6. The topological polar surface area (TPSA) is 93.9 Å². The predicted octanol–water partition coefficient (Wildman–Crippen LogP) is 5.61. The average molecular weight is 518 g/mol. The highest BCUT2D eigenvalue weighted by atomic mass is 16.7. The number of fused-ring (bicyclic) bond motifs is 1. The van der Waals surface area contributed by atoms with Crippen LogP contribution < -0.4 is 14.8 Å². The fourth-order valence-electron chi connectivity index (χ4n) is 5.02. The molecule has 2 aliphatic rings. The quantitative estimate of drug-likeness (QED) is 0.438. The summed E-state index contributed by atoms with van der Waals surface area (Å²) in [6.07, 6.45) is 5.31. The Morgan fingerprint density at radius 1 is 0.974 bits per heavy atom. The van der Waals surface area contributed by atoms with E-state index in [1.807, 2.05) is 47.4 Å². The van der Waals surface area contributed by atoms with Crippen LogP contribution in [0.5, 0.6) is 11.5 Å². The molecule has 0 atom stereocenters. The molecule has 0 saturated heterocycles. The van der Waals surface area contributed by atoms with Crippen LogP contribution in [-0.2, 0) is 18.5 Å². The zero-order valence-corrected chi connectivity index (χ0v) is 22.3. The van der Waals surface area contributed by atoms with Gasteiger partial charge in [-0.15, -0.1) is 0 Å². The standard InChI is InChI=1S/C30H35N3O5/c1-30(2,3)22-12-10-21(11-13-22)29(35)33(23-7-5-4-6-8-23)18-24-16-25(32-38-24)28(34)31-17-20-9-14-26-27(15-20)37-19-36-26/h9-16,23H,4-8,17-19H2,1-3H3,(H,31,34). The van der Waals surface area contributed by atoms with Crippen LogP contribution >= 0.6 is 0 Å². The number of ether oxygens (including phenoxy) is 2. The second-order valence-corrected chi connectivity index (χ2v) is 11.1. The van der Waals surface area contributed by atoms with E-state index in [0.717, 1.165) is 31.2 Å². The maximum absolute atomic E-state index is 13.7. The summed E-state index contributed by atoms with van der Waals surface area (Å²) < 4.78 is 16.3. The van der Waals surface area contributed by atoms with Gasteiger partial charge in [-0.05, 0) is 53.6 Å². The third-order valence-electron chi connectivity index (χ3n) is 7.28. The number of benzene rings is 2. The summed E-state index contributed by atoms with van der Waals surface area (Å²) in [6.45, 7) is 7.26. The van der Waals surface area contributed by atoms with Crippen molar-refractivity contribution in [3.8, 4) is 11.5 Å². The van der Waals surface area contributed by atoms with Crippen molar-refractivity contribution in [2.75, 3.05) is 6.79 Å². The molecule has 0 spiro atoms. The van der Waals surface area contributed by atoms with Crippen LogP contribution in [-0.4, -0.2) is 34.7 Å². The molecule has 8 nitrogen and oxygen atoms in total. The van der Waals surface area contributed by atoms with Crippen molar-refractivity contribution in [3.63, 3.8) is 0 Å². The van der Waals surface area contributed by atoms with Crippen LogP contribution in [0, 0.1) is 0 Å². The molecule has 5 rings (SSSR count). The minimum Gasteiger partial charge on any atom is -0.454 e. The molecule has 38 heavy (non-hydrogen) atoms. The third-order valence-corrected chi connectivity index (χ3v) is 7.28. The number of nitrogens with one attached hydrogen (secondary N) is 1. The summed E-state index contributed by atoms with van der Waals surface area (Å²) in [5, 5.41) is 6.85. The normalized spacial score (nSPS) is 15.3. The Labute approximate surface area is 223 Å². The predicted molar refractivity (Wildman–Crippen MR) is 142 cm³/mol. The molecule has 0 bridgehead atoms. The molecule has 2 aromatic carbocycles. The zero-order valence-electron chi connectivity index (χ0n) is 22.3. The largest absolute Gasteiger partial charge is 0.454 e. The minimum absolute atomic E-state index is 0.0180. The summed E-state index contributed by atoms with van der Waals surface area (Å²) in [5.41, 5.74) is 2.93. The van der Waals surface area contributed by atoms with Crippen molar-refractivity contribution in [1.82, 2.24) is 15.4 Å². The van der Waals surface area contributed by atoms with Crippen molar-refractivity contribution >= 4 is 11.8 Å². The van der Waals surface area contributed by atoms with E-state index in [2.05, 4.69) is 31.2 Å². The van der Waals surface area contributed by atoms with Crippen LogP contribution in [0.4, 0.5) is 0 Å². The average Bonchev–Trinajstić information content (AvgIpc) is 3.59. The highest BCUT2D eigenvalue weighted by Crippen LogP contribution is 2.32. The van der Waals surface area contributed by atoms with E-state index in [0.29, 0.717) is 29.4 Å².